The van der Waals surface area contributed by atoms with E-state index in [4.69, 9.17) is 9.47 Å². The van der Waals surface area contributed by atoms with E-state index in [2.05, 4.69) is 0 Å². The summed E-state index contributed by atoms with van der Waals surface area (Å²) in [6, 6.07) is 0. The maximum atomic E-state index is 10.7. The van der Waals surface area contributed by atoms with Gasteiger partial charge in [0.05, 0.1) is 0 Å². The topological polar surface area (TPSA) is 55.8 Å². The number of ether oxygens (including phenoxy) is 2. The first-order valence-corrected chi connectivity index (χ1v) is 6.78. The third-order valence-corrected chi connectivity index (χ3v) is 3.82. The van der Waals surface area contributed by atoms with E-state index >= 15 is 0 Å². The number of fused-ring (bicyclic) bond motifs is 2. The molecule has 4 heteroatoms. The van der Waals surface area contributed by atoms with Gasteiger partial charge >= 0.3 is 0 Å². The number of aldehydes is 1. The summed E-state index contributed by atoms with van der Waals surface area (Å²) in [4.78, 5) is 10.7. The van der Waals surface area contributed by atoms with E-state index in [0.29, 0.717) is 25.0 Å². The first-order valence-electron chi connectivity index (χ1n) is 6.78. The van der Waals surface area contributed by atoms with Gasteiger partial charge in [-0.15, -0.1) is 0 Å². The molecule has 19 heavy (non-hydrogen) atoms. The molecular weight excluding hydrogens is 244 g/mol. The summed E-state index contributed by atoms with van der Waals surface area (Å²) in [5.74, 6) is 1.61. The van der Waals surface area contributed by atoms with Gasteiger partial charge in [-0.3, -0.25) is 0 Å². The maximum Gasteiger partial charge on any atom is 0.165 e. The Kier molecular flexibility index (Phi) is 2.88. The third kappa shape index (κ3) is 1.86. The van der Waals surface area contributed by atoms with Gasteiger partial charge in [0, 0.05) is 36.0 Å². The van der Waals surface area contributed by atoms with Crippen LogP contribution in [-0.4, -0.2) is 23.6 Å². The maximum absolute atomic E-state index is 10.7. The summed E-state index contributed by atoms with van der Waals surface area (Å²) >= 11 is 0. The molecule has 2 atom stereocenters. The molecule has 1 N–H and O–H groups in total. The van der Waals surface area contributed by atoms with E-state index in [0.717, 1.165) is 35.1 Å². The number of aromatic hydroxyl groups is 1. The molecule has 0 saturated carbocycles. The predicted octanol–water partition coefficient (Wildman–Crippen LogP) is 2.17. The number of hydrogen-bond donors (Lipinski definition) is 1. The summed E-state index contributed by atoms with van der Waals surface area (Å²) in [7, 11) is 0. The van der Waals surface area contributed by atoms with Crippen LogP contribution in [0.1, 0.15) is 37.0 Å². The van der Waals surface area contributed by atoms with E-state index in [1.54, 1.807) is 0 Å². The molecule has 4 nitrogen and oxygen atoms in total. The smallest absolute Gasteiger partial charge is 0.165 e. The van der Waals surface area contributed by atoms with Crippen LogP contribution in [0.4, 0.5) is 0 Å². The van der Waals surface area contributed by atoms with Gasteiger partial charge in [-0.2, -0.15) is 0 Å². The van der Waals surface area contributed by atoms with Crippen molar-refractivity contribution in [1.29, 1.82) is 0 Å². The number of phenolic OH excluding ortho intramolecular Hbond substituents is 1. The number of carbonyl (C=O) groups is 1. The van der Waals surface area contributed by atoms with Crippen molar-refractivity contribution in [2.45, 2.75) is 51.7 Å². The van der Waals surface area contributed by atoms with Crippen molar-refractivity contribution in [2.75, 3.05) is 0 Å². The van der Waals surface area contributed by atoms with Crippen LogP contribution in [0.15, 0.2) is 0 Å². The zero-order valence-electron chi connectivity index (χ0n) is 11.2. The lowest BCUT2D eigenvalue weighted by atomic mass is 9.94. The summed E-state index contributed by atoms with van der Waals surface area (Å²) in [6.45, 7) is 3.97. The molecule has 0 saturated heterocycles. The molecule has 2 aliphatic rings. The number of benzene rings is 1. The summed E-state index contributed by atoms with van der Waals surface area (Å²) < 4.78 is 11.6. The Hall–Kier alpha value is -1.71. The Morgan fingerprint density at radius 2 is 1.79 bits per heavy atom. The molecule has 102 valence electrons. The highest BCUT2D eigenvalue weighted by Crippen LogP contribution is 2.50. The SMILES string of the molecule is CC1Cc2c(CCC=O)c3c(c(O)c2O1)CC(C)O3. The van der Waals surface area contributed by atoms with E-state index < -0.39 is 0 Å². The molecule has 0 aromatic heterocycles. The third-order valence-electron chi connectivity index (χ3n) is 3.82. The number of rotatable bonds is 3. The largest absolute Gasteiger partial charge is 0.504 e. The van der Waals surface area contributed by atoms with E-state index in [1.165, 1.54) is 0 Å². The van der Waals surface area contributed by atoms with Crippen LogP contribution < -0.4 is 9.47 Å². The monoisotopic (exact) mass is 262 g/mol. The first-order chi connectivity index (χ1) is 9.11. The Morgan fingerprint density at radius 3 is 2.47 bits per heavy atom. The minimum atomic E-state index is 0.0656. The minimum absolute atomic E-state index is 0.0656. The molecule has 1 aromatic carbocycles. The van der Waals surface area contributed by atoms with Gasteiger partial charge in [-0.1, -0.05) is 0 Å². The second-order valence-corrected chi connectivity index (χ2v) is 5.41. The number of carbonyl (C=O) groups excluding carboxylic acids is 1. The molecule has 0 aliphatic carbocycles. The highest BCUT2D eigenvalue weighted by Gasteiger charge is 2.35. The average molecular weight is 262 g/mol. The van der Waals surface area contributed by atoms with E-state index in [1.807, 2.05) is 13.8 Å². The fourth-order valence-electron chi connectivity index (χ4n) is 3.05. The van der Waals surface area contributed by atoms with Gasteiger partial charge in [0.2, 0.25) is 0 Å². The minimum Gasteiger partial charge on any atom is -0.504 e. The fraction of sp³-hybridized carbons (Fsp3) is 0.533. The highest BCUT2D eigenvalue weighted by molar-refractivity contribution is 5.66. The van der Waals surface area contributed by atoms with Crippen LogP contribution in [0.5, 0.6) is 17.2 Å². The van der Waals surface area contributed by atoms with Crippen LogP contribution in [0.2, 0.25) is 0 Å². The predicted molar refractivity (Wildman–Crippen MR) is 70.1 cm³/mol. The first kappa shape index (κ1) is 12.3. The standard InChI is InChI=1S/C15H18O4/c1-8-6-11-10(4-3-5-16)14-12(7-9(2)18-14)13(17)15(11)19-8/h5,8-9,17H,3-4,6-7H2,1-2H3. The lowest BCUT2D eigenvalue weighted by molar-refractivity contribution is -0.107. The molecule has 0 fully saturated rings. The molecule has 0 bridgehead atoms. The molecule has 0 amide bonds. The van der Waals surface area contributed by atoms with Crippen molar-refractivity contribution >= 4 is 6.29 Å². The second kappa shape index (κ2) is 4.44. The van der Waals surface area contributed by atoms with Gasteiger partial charge in [0.15, 0.2) is 11.5 Å². The Labute approximate surface area is 112 Å². The van der Waals surface area contributed by atoms with Gasteiger partial charge in [0.1, 0.15) is 24.2 Å². The highest BCUT2D eigenvalue weighted by atomic mass is 16.5. The molecule has 3 rings (SSSR count). The van der Waals surface area contributed by atoms with Crippen molar-refractivity contribution in [2.24, 2.45) is 0 Å². The van der Waals surface area contributed by atoms with Crippen molar-refractivity contribution in [3.05, 3.63) is 16.7 Å². The van der Waals surface area contributed by atoms with Crippen LogP contribution >= 0.6 is 0 Å². The number of phenols is 1. The summed E-state index contributed by atoms with van der Waals surface area (Å²) in [6.07, 6.45) is 3.63. The van der Waals surface area contributed by atoms with Gasteiger partial charge < -0.3 is 19.4 Å². The molecule has 2 unspecified atom stereocenters. The lowest BCUT2D eigenvalue weighted by Gasteiger charge is -2.14. The van der Waals surface area contributed by atoms with E-state index in [-0.39, 0.29) is 18.0 Å². The Balaban J connectivity index is 2.14. The van der Waals surface area contributed by atoms with Crippen molar-refractivity contribution < 1.29 is 19.4 Å². The summed E-state index contributed by atoms with van der Waals surface area (Å²) in [5, 5.41) is 10.3. The van der Waals surface area contributed by atoms with Gasteiger partial charge in [-0.25, -0.2) is 0 Å². The molecule has 0 spiro atoms. The number of hydrogen-bond acceptors (Lipinski definition) is 4. The Morgan fingerprint density at radius 1 is 1.16 bits per heavy atom. The zero-order chi connectivity index (χ0) is 13.6. The fourth-order valence-corrected chi connectivity index (χ4v) is 3.05. The molecular formula is C15H18O4. The van der Waals surface area contributed by atoms with Crippen LogP contribution in [0.3, 0.4) is 0 Å². The molecule has 0 radical (unpaired) electrons. The van der Waals surface area contributed by atoms with Crippen LogP contribution in [-0.2, 0) is 24.1 Å². The molecule has 2 heterocycles. The van der Waals surface area contributed by atoms with Crippen molar-refractivity contribution in [3.8, 4) is 17.2 Å². The Bertz CT molecular complexity index is 496. The van der Waals surface area contributed by atoms with Crippen molar-refractivity contribution in [3.63, 3.8) is 0 Å². The second-order valence-electron chi connectivity index (χ2n) is 5.41. The average Bonchev–Trinajstić information content (AvgIpc) is 2.93. The summed E-state index contributed by atoms with van der Waals surface area (Å²) in [5.41, 5.74) is 2.89. The quantitative estimate of drug-likeness (QED) is 0.848. The van der Waals surface area contributed by atoms with Crippen LogP contribution in [0.25, 0.3) is 0 Å². The lowest BCUT2D eigenvalue weighted by Crippen LogP contribution is -2.08. The van der Waals surface area contributed by atoms with E-state index in [9.17, 15) is 9.90 Å². The molecule has 2 aliphatic heterocycles. The van der Waals surface area contributed by atoms with Gasteiger partial charge in [0.25, 0.3) is 0 Å². The molecule has 1 aromatic rings. The zero-order valence-corrected chi connectivity index (χ0v) is 11.2. The van der Waals surface area contributed by atoms with Gasteiger partial charge in [-0.05, 0) is 20.3 Å². The van der Waals surface area contributed by atoms with Crippen molar-refractivity contribution in [1.82, 2.24) is 0 Å². The normalized spacial score (nSPS) is 23.5. The van der Waals surface area contributed by atoms with Crippen LogP contribution in [0, 0.1) is 0 Å².